The molecule has 5 rings (SSSR count). The highest BCUT2D eigenvalue weighted by Gasteiger charge is 2.28. The van der Waals surface area contributed by atoms with E-state index in [1.54, 1.807) is 54.6 Å². The van der Waals surface area contributed by atoms with Gasteiger partial charge >= 0.3 is 0 Å². The largest absolute Gasteiger partial charge is 0.497 e. The second-order valence-electron chi connectivity index (χ2n) is 11.4. The van der Waals surface area contributed by atoms with Crippen LogP contribution in [0.25, 0.3) is 0 Å². The molecule has 0 spiro atoms. The van der Waals surface area contributed by atoms with Crippen molar-refractivity contribution in [3.8, 4) is 5.75 Å². The summed E-state index contributed by atoms with van der Waals surface area (Å²) in [5, 5.41) is 22.9. The number of nitrogens with zero attached hydrogens (tertiary/aromatic N) is 1. The zero-order valence-corrected chi connectivity index (χ0v) is 27.6. The summed E-state index contributed by atoms with van der Waals surface area (Å²) < 4.78 is 5.15. The number of nitro benzene ring substituents is 1. The van der Waals surface area contributed by atoms with Crippen LogP contribution in [0.5, 0.6) is 5.75 Å². The fourth-order valence-corrected chi connectivity index (χ4v) is 6.15. The number of rotatable bonds is 8. The summed E-state index contributed by atoms with van der Waals surface area (Å²) in [6.07, 6.45) is 1.06. The maximum absolute atomic E-state index is 13.4. The molecular formula is C34H38N6O8S. The first-order valence-electron chi connectivity index (χ1n) is 15.6. The summed E-state index contributed by atoms with van der Waals surface area (Å²) in [6.45, 7) is 0.190. The normalized spacial score (nSPS) is 19.2. The average molecular weight is 691 g/mol. The van der Waals surface area contributed by atoms with Gasteiger partial charge in [-0.2, -0.15) is 0 Å². The average Bonchev–Trinajstić information content (AvgIpc) is 3.09. The number of nitrogens with two attached hydrogens (primary N) is 1. The molecule has 3 atom stereocenters. The third kappa shape index (κ3) is 10.8. The molecule has 258 valence electrons. The Morgan fingerprint density at radius 2 is 1.71 bits per heavy atom. The van der Waals surface area contributed by atoms with E-state index in [-0.39, 0.29) is 42.0 Å². The maximum atomic E-state index is 13.4. The van der Waals surface area contributed by atoms with E-state index in [0.717, 1.165) is 23.4 Å². The minimum atomic E-state index is -1.13. The van der Waals surface area contributed by atoms with Gasteiger partial charge in [0.2, 0.25) is 23.6 Å². The Morgan fingerprint density at radius 3 is 2.39 bits per heavy atom. The lowest BCUT2D eigenvalue weighted by molar-refractivity contribution is -0.387. The van der Waals surface area contributed by atoms with Gasteiger partial charge in [-0.1, -0.05) is 42.5 Å². The van der Waals surface area contributed by atoms with Crippen LogP contribution in [0.2, 0.25) is 0 Å². The highest BCUT2D eigenvalue weighted by Crippen LogP contribution is 2.31. The molecule has 14 nitrogen and oxygen atoms in total. The van der Waals surface area contributed by atoms with Crippen molar-refractivity contribution in [2.75, 3.05) is 19.4 Å². The molecule has 0 saturated heterocycles. The SMILES string of the molecule is COc1ccc(CC(=O)N[C@@H]2CSc3ccc(cc3[N+](=O)[O-])C(=O)N[C@H](Cc3ccccc3)C(=O)N[C@@H](C(N)=O)CCCCNC2=O)cc1. The molecule has 0 unspecified atom stereocenters. The lowest BCUT2D eigenvalue weighted by Gasteiger charge is -2.22. The van der Waals surface area contributed by atoms with Gasteiger partial charge in [0.05, 0.1) is 23.3 Å². The molecule has 3 aromatic carbocycles. The third-order valence-electron chi connectivity index (χ3n) is 7.78. The fourth-order valence-electron chi connectivity index (χ4n) is 5.12. The van der Waals surface area contributed by atoms with Crippen molar-refractivity contribution in [2.45, 2.75) is 55.1 Å². The van der Waals surface area contributed by atoms with Gasteiger partial charge in [-0.15, -0.1) is 11.8 Å². The van der Waals surface area contributed by atoms with Crippen molar-refractivity contribution < 1.29 is 33.6 Å². The zero-order valence-electron chi connectivity index (χ0n) is 26.8. The zero-order chi connectivity index (χ0) is 35.3. The summed E-state index contributed by atoms with van der Waals surface area (Å²) in [4.78, 5) is 76.9. The number of thioether (sulfide) groups is 1. The summed E-state index contributed by atoms with van der Waals surface area (Å²) >= 11 is 0.982. The molecule has 49 heavy (non-hydrogen) atoms. The molecule has 6 N–H and O–H groups in total. The topological polar surface area (TPSA) is 212 Å². The molecule has 2 heterocycles. The Hall–Kier alpha value is -5.44. The number of hydrogen-bond donors (Lipinski definition) is 5. The first-order chi connectivity index (χ1) is 23.5. The number of nitrogens with one attached hydrogen (secondary N) is 4. The van der Waals surface area contributed by atoms with E-state index in [1.807, 2.05) is 0 Å². The number of nitro groups is 1. The van der Waals surface area contributed by atoms with E-state index in [9.17, 15) is 34.1 Å². The Labute approximate surface area is 287 Å². The quantitative estimate of drug-likeness (QED) is 0.173. The van der Waals surface area contributed by atoms with Crippen LogP contribution in [0.15, 0.2) is 77.7 Å². The van der Waals surface area contributed by atoms with Gasteiger partial charge in [-0.05, 0) is 54.7 Å². The first kappa shape index (κ1) is 36.4. The van der Waals surface area contributed by atoms with Gasteiger partial charge in [-0.25, -0.2) is 0 Å². The molecule has 3 aromatic rings. The maximum Gasteiger partial charge on any atom is 0.283 e. The highest BCUT2D eigenvalue weighted by molar-refractivity contribution is 7.99. The number of ether oxygens (including phenoxy) is 1. The Kier molecular flexibility index (Phi) is 13.1. The molecule has 15 heteroatoms. The number of benzene rings is 3. The molecule has 0 radical (unpaired) electrons. The fraction of sp³-hybridized carbons (Fsp3) is 0.324. The second-order valence-corrected chi connectivity index (χ2v) is 12.4. The molecule has 0 aliphatic carbocycles. The van der Waals surface area contributed by atoms with E-state index >= 15 is 0 Å². The van der Waals surface area contributed by atoms with E-state index in [1.165, 1.54) is 19.2 Å². The van der Waals surface area contributed by atoms with E-state index in [2.05, 4.69) is 21.3 Å². The van der Waals surface area contributed by atoms with Crippen LogP contribution >= 0.6 is 11.8 Å². The highest BCUT2D eigenvalue weighted by atomic mass is 32.2. The second kappa shape index (κ2) is 17.6. The number of amides is 5. The molecule has 0 fully saturated rings. The van der Waals surface area contributed by atoms with E-state index in [4.69, 9.17) is 10.5 Å². The van der Waals surface area contributed by atoms with Crippen molar-refractivity contribution in [2.24, 2.45) is 5.73 Å². The molecular weight excluding hydrogens is 652 g/mol. The Bertz CT molecular complexity index is 1670. The van der Waals surface area contributed by atoms with Crippen LogP contribution < -0.4 is 31.7 Å². The number of carbonyl (C=O) groups is 5. The van der Waals surface area contributed by atoms with Gasteiger partial charge < -0.3 is 31.7 Å². The molecule has 5 amide bonds. The lowest BCUT2D eigenvalue weighted by atomic mass is 10.0. The van der Waals surface area contributed by atoms with Gasteiger partial charge in [0, 0.05) is 30.3 Å². The predicted octanol–water partition coefficient (Wildman–Crippen LogP) is 2.03. The molecule has 2 aliphatic heterocycles. The van der Waals surface area contributed by atoms with Gasteiger partial charge in [-0.3, -0.25) is 34.1 Å². The van der Waals surface area contributed by atoms with Crippen molar-refractivity contribution in [3.05, 3.63) is 99.6 Å². The minimum absolute atomic E-state index is 0.0200. The van der Waals surface area contributed by atoms with Gasteiger partial charge in [0.15, 0.2) is 0 Å². The Morgan fingerprint density at radius 1 is 0.980 bits per heavy atom. The van der Waals surface area contributed by atoms with Crippen LogP contribution in [0.3, 0.4) is 0 Å². The lowest BCUT2D eigenvalue weighted by Crippen LogP contribution is -2.53. The van der Waals surface area contributed by atoms with Crippen molar-refractivity contribution >= 4 is 47.0 Å². The first-order valence-corrected chi connectivity index (χ1v) is 16.6. The monoisotopic (exact) mass is 690 g/mol. The van der Waals surface area contributed by atoms with Crippen molar-refractivity contribution in [1.82, 2.24) is 21.3 Å². The van der Waals surface area contributed by atoms with Crippen LogP contribution in [0.4, 0.5) is 5.69 Å². The third-order valence-corrected chi connectivity index (χ3v) is 8.94. The summed E-state index contributed by atoms with van der Waals surface area (Å²) in [7, 11) is 1.53. The number of fused-ring (bicyclic) bond motifs is 16. The summed E-state index contributed by atoms with van der Waals surface area (Å²) in [6, 6.07) is 16.4. The molecule has 2 aliphatic rings. The minimum Gasteiger partial charge on any atom is -0.497 e. The van der Waals surface area contributed by atoms with E-state index in [0.29, 0.717) is 24.2 Å². The van der Waals surface area contributed by atoms with Crippen molar-refractivity contribution in [1.29, 1.82) is 0 Å². The van der Waals surface area contributed by atoms with Crippen LogP contribution in [0, 0.1) is 10.1 Å². The smallest absolute Gasteiger partial charge is 0.283 e. The molecule has 0 saturated carbocycles. The van der Waals surface area contributed by atoms with Crippen LogP contribution in [-0.4, -0.2) is 72.0 Å². The predicted molar refractivity (Wildman–Crippen MR) is 182 cm³/mol. The number of carbonyl (C=O) groups excluding carboxylic acids is 5. The Balaban J connectivity index is 1.60. The van der Waals surface area contributed by atoms with Gasteiger partial charge in [0.25, 0.3) is 11.6 Å². The molecule has 2 bridgehead atoms. The van der Waals surface area contributed by atoms with Crippen LogP contribution in [0.1, 0.15) is 40.7 Å². The molecule has 0 aromatic heterocycles. The van der Waals surface area contributed by atoms with Crippen molar-refractivity contribution in [3.63, 3.8) is 0 Å². The standard InChI is InChI=1S/C34H38N6O8S/c1-48-24-13-10-22(11-14-24)18-30(41)37-27-20-49-29-15-12-23(19-28(29)40(46)47)32(43)39-26(17-21-7-3-2-4-8-21)34(45)38-25(31(35)42)9-5-6-16-36-33(27)44/h2-4,7-8,10-15,19,25-27H,5-6,9,16-18,20H2,1H3,(H2,35,42)(H,36,44)(H,37,41)(H,38,45)(H,39,43)/t25-,26-,27-/m1/s1. The number of methoxy groups -OCH3 is 1. The van der Waals surface area contributed by atoms with Gasteiger partial charge in [0.1, 0.15) is 23.9 Å². The van der Waals surface area contributed by atoms with Crippen LogP contribution in [-0.2, 0) is 32.0 Å². The summed E-state index contributed by atoms with van der Waals surface area (Å²) in [5.41, 5.74) is 6.55. The van der Waals surface area contributed by atoms with E-state index < -0.39 is 58.3 Å². The number of primary amides is 1. The number of hydrogen-bond acceptors (Lipinski definition) is 9. The summed E-state index contributed by atoms with van der Waals surface area (Å²) in [5.74, 6) is -2.52.